The Kier molecular flexibility index (Phi) is 8.51. The molecular weight excluding hydrogens is 416 g/mol. The zero-order chi connectivity index (χ0) is 22.2. The molecule has 2 heterocycles. The molecule has 2 aromatic rings. The van der Waals surface area contributed by atoms with Gasteiger partial charge in [0.1, 0.15) is 5.76 Å². The summed E-state index contributed by atoms with van der Waals surface area (Å²) in [6, 6.07) is 9.86. The summed E-state index contributed by atoms with van der Waals surface area (Å²) in [5, 5.41) is 18.5. The fourth-order valence-electron chi connectivity index (χ4n) is 3.28. The predicted octanol–water partition coefficient (Wildman–Crippen LogP) is 2.32. The van der Waals surface area contributed by atoms with Gasteiger partial charge in [-0.25, -0.2) is 0 Å². The summed E-state index contributed by atoms with van der Waals surface area (Å²) in [5.41, 5.74) is 2.26. The Labute approximate surface area is 186 Å². The van der Waals surface area contributed by atoms with Gasteiger partial charge in [-0.3, -0.25) is 14.5 Å². The van der Waals surface area contributed by atoms with Crippen LogP contribution in [0.2, 0.25) is 0 Å². The highest BCUT2D eigenvalue weighted by atomic mass is 32.2. The van der Waals surface area contributed by atoms with Crippen molar-refractivity contribution in [1.82, 2.24) is 15.4 Å². The quantitative estimate of drug-likeness (QED) is 0.542. The van der Waals surface area contributed by atoms with Gasteiger partial charge in [-0.05, 0) is 37.8 Å². The molecule has 3 N–H and O–H groups in total. The van der Waals surface area contributed by atoms with Gasteiger partial charge in [-0.1, -0.05) is 29.4 Å². The maximum Gasteiger partial charge on any atom is 0.238 e. The van der Waals surface area contributed by atoms with Crippen LogP contribution in [-0.2, 0) is 22.7 Å². The Morgan fingerprint density at radius 1 is 1.26 bits per heavy atom. The molecule has 0 spiro atoms. The number of amides is 2. The summed E-state index contributed by atoms with van der Waals surface area (Å²) in [6.45, 7) is 6.68. The number of carbonyl (C=O) groups is 2. The van der Waals surface area contributed by atoms with Crippen molar-refractivity contribution in [1.29, 1.82) is 0 Å². The van der Waals surface area contributed by atoms with E-state index in [1.54, 1.807) is 19.9 Å². The maximum absolute atomic E-state index is 12.1. The normalized spacial score (nSPS) is 16.1. The zero-order valence-corrected chi connectivity index (χ0v) is 18.8. The highest BCUT2D eigenvalue weighted by Gasteiger charge is 2.18. The monoisotopic (exact) mass is 446 g/mol. The van der Waals surface area contributed by atoms with Crippen molar-refractivity contribution >= 4 is 29.4 Å². The molecule has 1 saturated heterocycles. The number of hydrogen-bond acceptors (Lipinski definition) is 7. The Morgan fingerprint density at radius 2 is 1.94 bits per heavy atom. The van der Waals surface area contributed by atoms with E-state index in [1.165, 1.54) is 17.3 Å². The number of aliphatic hydroxyl groups is 1. The van der Waals surface area contributed by atoms with Crippen LogP contribution in [0.1, 0.15) is 36.7 Å². The molecule has 1 atom stereocenters. The van der Waals surface area contributed by atoms with Gasteiger partial charge in [-0.15, -0.1) is 11.8 Å². The number of likely N-dealkylation sites (tertiary alicyclic amines) is 1. The molecule has 1 aliphatic rings. The summed E-state index contributed by atoms with van der Waals surface area (Å²) in [6.07, 6.45) is 1.51. The Hall–Kier alpha value is -2.36. The number of anilines is 1. The second-order valence-corrected chi connectivity index (χ2v) is 9.19. The Balaban J connectivity index is 1.34. The first-order valence-corrected chi connectivity index (χ1v) is 11.5. The van der Waals surface area contributed by atoms with Gasteiger partial charge in [0, 0.05) is 32.2 Å². The average Bonchev–Trinajstić information content (AvgIpc) is 3.17. The molecule has 168 valence electrons. The summed E-state index contributed by atoms with van der Waals surface area (Å²) in [7, 11) is 0. The molecule has 31 heavy (non-hydrogen) atoms. The van der Waals surface area contributed by atoms with Gasteiger partial charge < -0.3 is 20.3 Å². The van der Waals surface area contributed by atoms with E-state index in [0.717, 1.165) is 38.0 Å². The standard InChI is InChI=1S/C22H30N4O4S/c1-15-11-20(25-30-15)24-22(29)16(2)31-14-21(28)23-12-17-3-5-18(6-4-17)13-26-9-7-19(27)8-10-26/h3-6,11,16,19,27H,7-10,12-14H2,1-2H3,(H,23,28)(H,24,25,29). The zero-order valence-electron chi connectivity index (χ0n) is 18.0. The van der Waals surface area contributed by atoms with E-state index in [4.69, 9.17) is 4.52 Å². The van der Waals surface area contributed by atoms with E-state index in [-0.39, 0.29) is 23.7 Å². The number of carbonyl (C=O) groups excluding carboxylic acids is 2. The van der Waals surface area contributed by atoms with Crippen LogP contribution in [0, 0.1) is 6.92 Å². The van der Waals surface area contributed by atoms with Crippen LogP contribution in [0.5, 0.6) is 0 Å². The number of piperidine rings is 1. The van der Waals surface area contributed by atoms with Gasteiger partial charge >= 0.3 is 0 Å². The number of aryl methyl sites for hydroxylation is 1. The van der Waals surface area contributed by atoms with Crippen molar-refractivity contribution in [3.8, 4) is 0 Å². The number of aromatic nitrogens is 1. The lowest BCUT2D eigenvalue weighted by molar-refractivity contribution is -0.118. The van der Waals surface area contributed by atoms with Crippen LogP contribution < -0.4 is 10.6 Å². The lowest BCUT2D eigenvalue weighted by atomic mass is 10.1. The van der Waals surface area contributed by atoms with E-state index in [2.05, 4.69) is 32.8 Å². The number of hydrogen-bond donors (Lipinski definition) is 3. The van der Waals surface area contributed by atoms with Gasteiger partial charge in [0.15, 0.2) is 5.82 Å². The maximum atomic E-state index is 12.1. The van der Waals surface area contributed by atoms with Gasteiger partial charge in [0.2, 0.25) is 11.8 Å². The smallest absolute Gasteiger partial charge is 0.238 e. The van der Waals surface area contributed by atoms with Crippen LogP contribution >= 0.6 is 11.8 Å². The van der Waals surface area contributed by atoms with Crippen LogP contribution in [0.15, 0.2) is 34.9 Å². The largest absolute Gasteiger partial charge is 0.393 e. The molecule has 0 radical (unpaired) electrons. The topological polar surface area (TPSA) is 108 Å². The Bertz CT molecular complexity index is 863. The van der Waals surface area contributed by atoms with Crippen LogP contribution in [0.4, 0.5) is 5.82 Å². The van der Waals surface area contributed by atoms with Gasteiger partial charge in [0.25, 0.3) is 0 Å². The van der Waals surface area contributed by atoms with E-state index in [1.807, 2.05) is 12.1 Å². The first kappa shape index (κ1) is 23.3. The molecule has 0 aliphatic carbocycles. The minimum atomic E-state index is -0.391. The van der Waals surface area contributed by atoms with E-state index < -0.39 is 5.25 Å². The minimum Gasteiger partial charge on any atom is -0.393 e. The first-order chi connectivity index (χ1) is 14.9. The van der Waals surface area contributed by atoms with E-state index >= 15 is 0 Å². The molecule has 1 unspecified atom stereocenters. The molecule has 8 nitrogen and oxygen atoms in total. The molecule has 1 aromatic carbocycles. The molecule has 1 aliphatic heterocycles. The third kappa shape index (κ3) is 7.68. The van der Waals surface area contributed by atoms with E-state index in [0.29, 0.717) is 18.1 Å². The number of nitrogens with zero attached hydrogens (tertiary/aromatic N) is 2. The first-order valence-electron chi connectivity index (χ1n) is 10.5. The predicted molar refractivity (Wildman–Crippen MR) is 121 cm³/mol. The molecule has 3 rings (SSSR count). The number of aliphatic hydroxyl groups excluding tert-OH is 1. The van der Waals surface area contributed by atoms with Gasteiger partial charge in [0.05, 0.1) is 17.1 Å². The molecule has 9 heteroatoms. The minimum absolute atomic E-state index is 0.113. The van der Waals surface area contributed by atoms with Crippen molar-refractivity contribution in [2.45, 2.75) is 51.1 Å². The highest BCUT2D eigenvalue weighted by molar-refractivity contribution is 8.01. The second kappa shape index (κ2) is 11.3. The van der Waals surface area contributed by atoms with Crippen LogP contribution in [-0.4, -0.2) is 57.2 Å². The SMILES string of the molecule is Cc1cc(NC(=O)C(C)SCC(=O)NCc2ccc(CN3CCC(O)CC3)cc2)no1. The van der Waals surface area contributed by atoms with Crippen molar-refractivity contribution in [2.24, 2.45) is 0 Å². The summed E-state index contributed by atoms with van der Waals surface area (Å²) < 4.78 is 4.92. The molecular formula is C22H30N4O4S. The fraction of sp³-hybridized carbons (Fsp3) is 0.500. The third-order valence-electron chi connectivity index (χ3n) is 5.19. The summed E-state index contributed by atoms with van der Waals surface area (Å²) >= 11 is 1.27. The van der Waals surface area contributed by atoms with Crippen LogP contribution in [0.3, 0.4) is 0 Å². The van der Waals surface area contributed by atoms with Crippen LogP contribution in [0.25, 0.3) is 0 Å². The lowest BCUT2D eigenvalue weighted by Crippen LogP contribution is -2.35. The number of nitrogens with one attached hydrogen (secondary N) is 2. The Morgan fingerprint density at radius 3 is 2.58 bits per heavy atom. The second-order valence-electron chi connectivity index (χ2n) is 7.87. The molecule has 1 fully saturated rings. The lowest BCUT2D eigenvalue weighted by Gasteiger charge is -2.29. The fourth-order valence-corrected chi connectivity index (χ4v) is 3.99. The van der Waals surface area contributed by atoms with Crippen molar-refractivity contribution in [2.75, 3.05) is 24.2 Å². The molecule has 0 bridgehead atoms. The summed E-state index contributed by atoms with van der Waals surface area (Å²) in [5.74, 6) is 0.864. The highest BCUT2D eigenvalue weighted by Crippen LogP contribution is 2.16. The number of rotatable bonds is 9. The average molecular weight is 447 g/mol. The van der Waals surface area contributed by atoms with Crippen molar-refractivity contribution < 1.29 is 19.2 Å². The van der Waals surface area contributed by atoms with Crippen molar-refractivity contribution in [3.05, 3.63) is 47.2 Å². The molecule has 0 saturated carbocycles. The third-order valence-corrected chi connectivity index (χ3v) is 6.33. The van der Waals surface area contributed by atoms with Gasteiger partial charge in [-0.2, -0.15) is 0 Å². The van der Waals surface area contributed by atoms with E-state index in [9.17, 15) is 14.7 Å². The number of benzene rings is 1. The summed E-state index contributed by atoms with van der Waals surface area (Å²) in [4.78, 5) is 26.6. The number of thioether (sulfide) groups is 1. The van der Waals surface area contributed by atoms with Crippen molar-refractivity contribution in [3.63, 3.8) is 0 Å². The molecule has 1 aromatic heterocycles. The molecule has 2 amide bonds.